The molecule has 1 atom stereocenters. The zero-order valence-electron chi connectivity index (χ0n) is 13.8. The third kappa shape index (κ3) is 5.47. The first-order chi connectivity index (χ1) is 10.2. The lowest BCUT2D eigenvalue weighted by Gasteiger charge is -2.30. The minimum absolute atomic E-state index is 0.389. The molecule has 0 amide bonds. The van der Waals surface area contributed by atoms with E-state index in [-0.39, 0.29) is 0 Å². The summed E-state index contributed by atoms with van der Waals surface area (Å²) in [5.74, 6) is 2.42. The number of methoxy groups -OCH3 is 1. The van der Waals surface area contributed by atoms with E-state index in [1.807, 2.05) is 20.0 Å². The molecule has 0 saturated carbocycles. The molecule has 1 aromatic rings. The molecular weight excluding hydrogens is 268 g/mol. The molecule has 1 N–H and O–H groups in total. The largest absolute Gasteiger partial charge is 0.383 e. The number of hydrogen-bond donors (Lipinski definition) is 1. The van der Waals surface area contributed by atoms with Gasteiger partial charge in [0.15, 0.2) is 5.82 Å². The first kappa shape index (κ1) is 17.7. The molecule has 0 saturated heterocycles. The maximum atomic E-state index is 5.43. The summed E-state index contributed by atoms with van der Waals surface area (Å²) >= 11 is 0. The van der Waals surface area contributed by atoms with Gasteiger partial charge in [0.25, 0.3) is 0 Å². The molecule has 0 aliphatic heterocycles. The van der Waals surface area contributed by atoms with Crippen molar-refractivity contribution in [2.45, 2.75) is 39.8 Å². The predicted octanol–water partition coefficient (Wildman–Crippen LogP) is 2.31. The molecule has 0 aliphatic carbocycles. The van der Waals surface area contributed by atoms with Crippen LogP contribution < -0.4 is 10.2 Å². The van der Waals surface area contributed by atoms with Gasteiger partial charge in [-0.3, -0.25) is 0 Å². The number of aromatic nitrogens is 2. The van der Waals surface area contributed by atoms with Crippen LogP contribution in [-0.4, -0.2) is 49.9 Å². The summed E-state index contributed by atoms with van der Waals surface area (Å²) in [6, 6.07) is 2.36. The van der Waals surface area contributed by atoms with Gasteiger partial charge in [-0.05, 0) is 20.3 Å². The molecule has 0 aliphatic rings. The maximum Gasteiger partial charge on any atom is 0.158 e. The van der Waals surface area contributed by atoms with Crippen LogP contribution in [-0.2, 0) is 16.1 Å². The summed E-state index contributed by atoms with van der Waals surface area (Å²) in [4.78, 5) is 11.3. The number of nitrogens with zero attached hydrogens (tertiary/aromatic N) is 3. The molecule has 21 heavy (non-hydrogen) atoms. The van der Waals surface area contributed by atoms with Gasteiger partial charge in [0, 0.05) is 39.4 Å². The second-order valence-electron chi connectivity index (χ2n) is 4.86. The van der Waals surface area contributed by atoms with Crippen molar-refractivity contribution in [2.24, 2.45) is 0 Å². The van der Waals surface area contributed by atoms with Crippen molar-refractivity contribution in [1.29, 1.82) is 0 Å². The van der Waals surface area contributed by atoms with Gasteiger partial charge in [0.05, 0.1) is 6.61 Å². The maximum absolute atomic E-state index is 5.43. The van der Waals surface area contributed by atoms with E-state index in [4.69, 9.17) is 9.47 Å². The van der Waals surface area contributed by atoms with E-state index in [1.54, 1.807) is 7.11 Å². The van der Waals surface area contributed by atoms with Gasteiger partial charge in [-0.2, -0.15) is 0 Å². The number of hydrogen-bond acceptors (Lipinski definition) is 6. The first-order valence-corrected chi connectivity index (χ1v) is 7.55. The summed E-state index contributed by atoms with van der Waals surface area (Å²) in [5, 5.41) is 3.09. The molecule has 120 valence electrons. The van der Waals surface area contributed by atoms with E-state index in [0.717, 1.165) is 24.6 Å². The lowest BCUT2D eigenvalue weighted by Crippen LogP contribution is -2.36. The van der Waals surface area contributed by atoms with Crippen LogP contribution in [0.3, 0.4) is 0 Å². The molecule has 0 fully saturated rings. The van der Waals surface area contributed by atoms with Crippen molar-refractivity contribution in [3.63, 3.8) is 0 Å². The van der Waals surface area contributed by atoms with E-state index >= 15 is 0 Å². The van der Waals surface area contributed by atoms with E-state index in [9.17, 15) is 0 Å². The number of rotatable bonds is 10. The first-order valence-electron chi connectivity index (χ1n) is 7.55. The molecule has 0 aromatic carbocycles. The third-order valence-corrected chi connectivity index (χ3v) is 3.40. The minimum Gasteiger partial charge on any atom is -0.383 e. The van der Waals surface area contributed by atoms with Crippen LogP contribution in [0.2, 0.25) is 0 Å². The number of anilines is 2. The Morgan fingerprint density at radius 2 is 2.10 bits per heavy atom. The quantitative estimate of drug-likeness (QED) is 0.715. The number of nitrogens with one attached hydrogen (secondary N) is 1. The highest BCUT2D eigenvalue weighted by atomic mass is 16.5. The minimum atomic E-state index is 0.389. The SMILES string of the molecule is CCOCc1nc(NC)cc(N(CCOC)C(C)CC)n1. The predicted molar refractivity (Wildman–Crippen MR) is 85.9 cm³/mol. The number of ether oxygens (including phenoxy) is 2. The second kappa shape index (κ2) is 9.52. The highest BCUT2D eigenvalue weighted by Gasteiger charge is 2.16. The lowest BCUT2D eigenvalue weighted by atomic mass is 10.2. The third-order valence-electron chi connectivity index (χ3n) is 3.40. The normalized spacial score (nSPS) is 12.2. The summed E-state index contributed by atoms with van der Waals surface area (Å²) in [7, 11) is 3.58. The molecule has 1 aromatic heterocycles. The fraction of sp³-hybridized carbons (Fsp3) is 0.733. The molecule has 1 unspecified atom stereocenters. The summed E-state index contributed by atoms with van der Waals surface area (Å²) in [5.41, 5.74) is 0. The molecule has 6 heteroatoms. The Balaban J connectivity index is 3.03. The Morgan fingerprint density at radius 3 is 2.67 bits per heavy atom. The summed E-state index contributed by atoms with van der Waals surface area (Å²) in [6.07, 6.45) is 1.05. The fourth-order valence-corrected chi connectivity index (χ4v) is 1.99. The lowest BCUT2D eigenvalue weighted by molar-refractivity contribution is 0.128. The highest BCUT2D eigenvalue weighted by Crippen LogP contribution is 2.19. The Bertz CT molecular complexity index is 415. The second-order valence-corrected chi connectivity index (χ2v) is 4.86. The van der Waals surface area contributed by atoms with Gasteiger partial charge < -0.3 is 19.7 Å². The summed E-state index contributed by atoms with van der Waals surface area (Å²) in [6.45, 7) is 8.89. The van der Waals surface area contributed by atoms with Gasteiger partial charge in [0.1, 0.15) is 18.2 Å². The van der Waals surface area contributed by atoms with Gasteiger partial charge >= 0.3 is 0 Å². The van der Waals surface area contributed by atoms with Crippen molar-refractivity contribution < 1.29 is 9.47 Å². The van der Waals surface area contributed by atoms with Crippen LogP contribution in [0.15, 0.2) is 6.07 Å². The van der Waals surface area contributed by atoms with Crippen molar-refractivity contribution in [2.75, 3.05) is 44.1 Å². The van der Waals surface area contributed by atoms with E-state index in [0.29, 0.717) is 31.7 Å². The van der Waals surface area contributed by atoms with Crippen molar-refractivity contribution in [3.05, 3.63) is 11.9 Å². The average molecular weight is 296 g/mol. The van der Waals surface area contributed by atoms with Gasteiger partial charge in [0.2, 0.25) is 0 Å². The van der Waals surface area contributed by atoms with Crippen LogP contribution >= 0.6 is 0 Å². The Kier molecular flexibility index (Phi) is 8.00. The molecule has 0 spiro atoms. The molecule has 0 bridgehead atoms. The van der Waals surface area contributed by atoms with Gasteiger partial charge in [-0.25, -0.2) is 9.97 Å². The standard InChI is InChI=1S/C15H28N4O2/c1-6-12(3)19(8-9-20-5)15-10-13(16-4)17-14(18-15)11-21-7-2/h10,12H,6-9,11H2,1-5H3,(H,16,17,18). The van der Waals surface area contributed by atoms with Crippen molar-refractivity contribution in [3.8, 4) is 0 Å². The molecule has 6 nitrogen and oxygen atoms in total. The van der Waals surface area contributed by atoms with Crippen molar-refractivity contribution >= 4 is 11.6 Å². The monoisotopic (exact) mass is 296 g/mol. The molecule has 1 rings (SSSR count). The van der Waals surface area contributed by atoms with E-state index < -0.39 is 0 Å². The molecular formula is C15H28N4O2. The topological polar surface area (TPSA) is 59.5 Å². The zero-order valence-corrected chi connectivity index (χ0v) is 13.8. The van der Waals surface area contributed by atoms with Gasteiger partial charge in [-0.15, -0.1) is 0 Å². The zero-order chi connectivity index (χ0) is 15.7. The Morgan fingerprint density at radius 1 is 1.33 bits per heavy atom. The van der Waals surface area contributed by atoms with Crippen LogP contribution in [0.1, 0.15) is 33.0 Å². The Labute approximate surface area is 127 Å². The Hall–Kier alpha value is -1.40. The van der Waals surface area contributed by atoms with Crippen LogP contribution in [0.4, 0.5) is 11.6 Å². The van der Waals surface area contributed by atoms with Crippen LogP contribution in [0.25, 0.3) is 0 Å². The fourth-order valence-electron chi connectivity index (χ4n) is 1.99. The van der Waals surface area contributed by atoms with Crippen LogP contribution in [0, 0.1) is 0 Å². The average Bonchev–Trinajstić information content (AvgIpc) is 2.52. The van der Waals surface area contributed by atoms with Crippen molar-refractivity contribution in [1.82, 2.24) is 9.97 Å². The summed E-state index contributed by atoms with van der Waals surface area (Å²) < 4.78 is 10.6. The molecule has 1 heterocycles. The highest BCUT2D eigenvalue weighted by molar-refractivity contribution is 5.49. The smallest absolute Gasteiger partial charge is 0.158 e. The van der Waals surface area contributed by atoms with Crippen LogP contribution in [0.5, 0.6) is 0 Å². The molecule has 0 radical (unpaired) electrons. The van der Waals surface area contributed by atoms with Gasteiger partial charge in [-0.1, -0.05) is 6.92 Å². The van der Waals surface area contributed by atoms with E-state index in [1.165, 1.54) is 0 Å². The van der Waals surface area contributed by atoms with E-state index in [2.05, 4.69) is 34.0 Å².